The summed E-state index contributed by atoms with van der Waals surface area (Å²) in [6.45, 7) is 2.14. The van der Waals surface area contributed by atoms with Crippen LogP contribution >= 0.6 is 23.2 Å². The summed E-state index contributed by atoms with van der Waals surface area (Å²) in [6, 6.07) is 18.5. The molecule has 2 saturated heterocycles. The first-order valence-electron chi connectivity index (χ1n) is 14.1. The summed E-state index contributed by atoms with van der Waals surface area (Å²) in [6.07, 6.45) is -2.54. The second-order valence-corrected chi connectivity index (χ2v) is 11.6. The molecule has 0 unspecified atom stereocenters. The molecule has 0 spiro atoms. The molecule has 0 radical (unpaired) electrons. The monoisotopic (exact) mass is 628 g/mol. The van der Waals surface area contributed by atoms with E-state index in [9.17, 15) is 18.8 Å². The zero-order valence-corrected chi connectivity index (χ0v) is 24.9. The number of rotatable bonds is 9. The Bertz CT molecular complexity index is 1450. The molecule has 3 aromatic rings. The van der Waals surface area contributed by atoms with Gasteiger partial charge < -0.3 is 24.4 Å². The van der Waals surface area contributed by atoms with E-state index < -0.39 is 42.4 Å². The van der Waals surface area contributed by atoms with Crippen molar-refractivity contribution in [3.05, 3.63) is 105 Å². The molecular formula is C32H31Cl2FN2O6. The first-order chi connectivity index (χ1) is 20.6. The molecule has 226 valence electrons. The normalized spacial score (nSPS) is 21.3. The van der Waals surface area contributed by atoms with Crippen molar-refractivity contribution in [2.75, 3.05) is 13.1 Å². The van der Waals surface area contributed by atoms with Gasteiger partial charge in [0.25, 0.3) is 5.91 Å². The van der Waals surface area contributed by atoms with E-state index in [1.165, 1.54) is 17.0 Å². The van der Waals surface area contributed by atoms with Gasteiger partial charge in [0, 0.05) is 16.5 Å². The number of carbonyl (C=O) groups excluding carboxylic acids is 2. The summed E-state index contributed by atoms with van der Waals surface area (Å²) in [7, 11) is 0. The summed E-state index contributed by atoms with van der Waals surface area (Å²) >= 11 is 12.4. The van der Waals surface area contributed by atoms with Crippen molar-refractivity contribution in [1.82, 2.24) is 9.80 Å². The Labute approximate surface area is 258 Å². The van der Waals surface area contributed by atoms with Crippen molar-refractivity contribution in [1.29, 1.82) is 0 Å². The predicted molar refractivity (Wildman–Crippen MR) is 158 cm³/mol. The van der Waals surface area contributed by atoms with Crippen LogP contribution in [0.15, 0.2) is 72.8 Å². The average molecular weight is 630 g/mol. The fraction of sp³-hybridized carbons (Fsp3) is 0.344. The van der Waals surface area contributed by atoms with Gasteiger partial charge in [0.2, 0.25) is 5.91 Å². The van der Waals surface area contributed by atoms with E-state index >= 15 is 0 Å². The van der Waals surface area contributed by atoms with E-state index in [-0.39, 0.29) is 31.3 Å². The fourth-order valence-corrected chi connectivity index (χ4v) is 5.94. The van der Waals surface area contributed by atoms with Crippen LogP contribution in [0.2, 0.25) is 10.0 Å². The largest absolute Gasteiger partial charge is 0.506 e. The number of hydrogen-bond acceptors (Lipinski definition) is 5. The molecule has 1 N–H and O–H groups in total. The van der Waals surface area contributed by atoms with Crippen LogP contribution in [0.4, 0.5) is 9.18 Å². The van der Waals surface area contributed by atoms with E-state index in [2.05, 4.69) is 0 Å². The average Bonchev–Trinajstić information content (AvgIpc) is 2.96. The van der Waals surface area contributed by atoms with E-state index in [1.54, 1.807) is 41.3 Å². The Hall–Kier alpha value is -3.66. The molecule has 2 amide bonds. The number of nitrogens with zero attached hydrogens (tertiary/aromatic N) is 2. The number of likely N-dealkylation sites (tertiary alicyclic amines) is 1. The molecule has 11 heteroatoms. The second-order valence-electron chi connectivity index (χ2n) is 10.7. The molecule has 0 aliphatic carbocycles. The maximum atomic E-state index is 14.4. The van der Waals surface area contributed by atoms with Gasteiger partial charge in [-0.25, -0.2) is 9.18 Å². The summed E-state index contributed by atoms with van der Waals surface area (Å²) in [5.41, 5.74) is 2.18. The Kier molecular flexibility index (Phi) is 9.54. The maximum Gasteiger partial charge on any atom is 0.506 e. The minimum atomic E-state index is -1.40. The van der Waals surface area contributed by atoms with Crippen LogP contribution in [-0.2, 0) is 25.5 Å². The number of ether oxygens (including phenoxy) is 2. The molecule has 43 heavy (non-hydrogen) atoms. The quantitative estimate of drug-likeness (QED) is 0.273. The topological polar surface area (TPSA) is 96.4 Å². The Morgan fingerprint density at radius 2 is 1.56 bits per heavy atom. The Morgan fingerprint density at radius 1 is 0.977 bits per heavy atom. The summed E-state index contributed by atoms with van der Waals surface area (Å²) in [4.78, 5) is 42.6. The maximum absolute atomic E-state index is 14.4. The molecule has 3 aromatic carbocycles. The van der Waals surface area contributed by atoms with E-state index in [0.717, 1.165) is 11.1 Å². The molecular weight excluding hydrogens is 598 g/mol. The number of halogens is 3. The molecule has 5 rings (SSSR count). The van der Waals surface area contributed by atoms with Crippen LogP contribution in [0.1, 0.15) is 48.6 Å². The number of hydrogen-bond donors (Lipinski definition) is 1. The molecule has 4 atom stereocenters. The standard InChI is InChI=1S/C32H31Cl2FN2O6/c1-2-3-26(30(38)36-17-25(18-36)42-32(40)41)37-28(20-6-10-22(33)11-7-20)29(21-8-12-23(34)13-9-21)43-27(31(37)39)16-19-4-14-24(35)15-5-19/h4-15,25-29H,2-3,16-18H2,1H3,(H,40,41)/t26-,27+,28-,29+/m1/s1. The molecule has 0 aromatic heterocycles. The van der Waals surface area contributed by atoms with Gasteiger partial charge in [0.15, 0.2) is 0 Å². The summed E-state index contributed by atoms with van der Waals surface area (Å²) in [5, 5.41) is 10.0. The fourth-order valence-electron chi connectivity index (χ4n) is 5.69. The third kappa shape index (κ3) is 6.95. The van der Waals surface area contributed by atoms with Crippen LogP contribution in [0.5, 0.6) is 0 Å². The van der Waals surface area contributed by atoms with Gasteiger partial charge >= 0.3 is 6.16 Å². The number of morpholine rings is 1. The van der Waals surface area contributed by atoms with E-state index in [0.29, 0.717) is 28.5 Å². The SMILES string of the molecule is CCC[C@H](C(=O)N1CC(OC(=O)O)C1)N1C(=O)[C@H](Cc2ccc(F)cc2)O[C@@H](c2ccc(Cl)cc2)[C@H]1c1ccc(Cl)cc1. The van der Waals surface area contributed by atoms with E-state index in [1.807, 2.05) is 31.2 Å². The highest BCUT2D eigenvalue weighted by atomic mass is 35.5. The van der Waals surface area contributed by atoms with Crippen molar-refractivity contribution in [3.8, 4) is 0 Å². The molecule has 0 bridgehead atoms. The van der Waals surface area contributed by atoms with Gasteiger partial charge in [-0.1, -0.05) is 72.9 Å². The molecule has 0 saturated carbocycles. The van der Waals surface area contributed by atoms with Gasteiger partial charge in [-0.3, -0.25) is 9.59 Å². The van der Waals surface area contributed by atoms with Crippen LogP contribution in [-0.4, -0.2) is 64.2 Å². The highest BCUT2D eigenvalue weighted by molar-refractivity contribution is 6.30. The summed E-state index contributed by atoms with van der Waals surface area (Å²) < 4.78 is 25.1. The third-order valence-electron chi connectivity index (χ3n) is 7.78. The lowest BCUT2D eigenvalue weighted by molar-refractivity contribution is -0.185. The zero-order valence-electron chi connectivity index (χ0n) is 23.4. The first kappa shape index (κ1) is 30.8. The van der Waals surface area contributed by atoms with Crippen molar-refractivity contribution in [2.24, 2.45) is 0 Å². The zero-order chi connectivity index (χ0) is 30.7. The third-order valence-corrected chi connectivity index (χ3v) is 8.29. The van der Waals surface area contributed by atoms with Gasteiger partial charge in [-0.05, 0) is 59.5 Å². The second kappa shape index (κ2) is 13.3. The number of benzene rings is 3. The predicted octanol–water partition coefficient (Wildman–Crippen LogP) is 6.46. The van der Waals surface area contributed by atoms with Gasteiger partial charge in [-0.2, -0.15) is 0 Å². The Balaban J connectivity index is 1.58. The number of carbonyl (C=O) groups is 3. The molecule has 2 heterocycles. The van der Waals surface area contributed by atoms with Gasteiger partial charge in [0.1, 0.15) is 30.2 Å². The summed E-state index contributed by atoms with van der Waals surface area (Å²) in [5.74, 6) is -1.06. The van der Waals surface area contributed by atoms with Crippen LogP contribution in [0, 0.1) is 5.82 Å². The first-order valence-corrected chi connectivity index (χ1v) is 14.8. The number of amides is 2. The minimum absolute atomic E-state index is 0.106. The highest BCUT2D eigenvalue weighted by Gasteiger charge is 2.50. The van der Waals surface area contributed by atoms with Crippen molar-refractivity contribution in [3.63, 3.8) is 0 Å². The molecule has 2 fully saturated rings. The molecule has 8 nitrogen and oxygen atoms in total. The van der Waals surface area contributed by atoms with E-state index in [4.69, 9.17) is 37.8 Å². The lowest BCUT2D eigenvalue weighted by Crippen LogP contribution is -2.63. The minimum Gasteiger partial charge on any atom is -0.450 e. The van der Waals surface area contributed by atoms with Crippen LogP contribution < -0.4 is 0 Å². The van der Waals surface area contributed by atoms with Crippen molar-refractivity contribution in [2.45, 2.75) is 56.6 Å². The van der Waals surface area contributed by atoms with Crippen molar-refractivity contribution < 1.29 is 33.4 Å². The van der Waals surface area contributed by atoms with Crippen LogP contribution in [0.3, 0.4) is 0 Å². The van der Waals surface area contributed by atoms with Gasteiger partial charge in [-0.15, -0.1) is 0 Å². The number of carboxylic acid groups (broad SMARTS) is 1. The van der Waals surface area contributed by atoms with Gasteiger partial charge in [0.05, 0.1) is 19.1 Å². The molecule has 2 aliphatic rings. The highest BCUT2D eigenvalue weighted by Crippen LogP contribution is 2.45. The van der Waals surface area contributed by atoms with Crippen molar-refractivity contribution >= 4 is 41.2 Å². The molecule has 2 aliphatic heterocycles. The van der Waals surface area contributed by atoms with Crippen LogP contribution in [0.25, 0.3) is 0 Å². The smallest absolute Gasteiger partial charge is 0.450 e. The Morgan fingerprint density at radius 3 is 2.12 bits per heavy atom. The lowest BCUT2D eigenvalue weighted by Gasteiger charge is -2.49. The lowest BCUT2D eigenvalue weighted by atomic mass is 9.88.